The van der Waals surface area contributed by atoms with E-state index >= 15 is 0 Å². The van der Waals surface area contributed by atoms with E-state index in [1.165, 1.54) is 6.07 Å². The minimum Gasteiger partial charge on any atom is -0.383 e. The van der Waals surface area contributed by atoms with Crippen molar-refractivity contribution in [3.05, 3.63) is 22.3 Å². The van der Waals surface area contributed by atoms with E-state index < -0.39 is 12.0 Å². The molecule has 0 aromatic carbocycles. The molecule has 1 rings (SSSR count). The van der Waals surface area contributed by atoms with Crippen LogP contribution in [0.1, 0.15) is 17.7 Å². The lowest BCUT2D eigenvalue weighted by Gasteiger charge is -2.07. The summed E-state index contributed by atoms with van der Waals surface area (Å²) in [6, 6.07) is 3.05. The topological polar surface area (TPSA) is 62.7 Å². The molecule has 1 heterocycles. The largest absolute Gasteiger partial charge is 0.383 e. The van der Waals surface area contributed by atoms with E-state index in [1.54, 1.807) is 0 Å². The van der Waals surface area contributed by atoms with Crippen LogP contribution in [0.5, 0.6) is 0 Å². The van der Waals surface area contributed by atoms with E-state index in [0.717, 1.165) is 0 Å². The molecule has 0 aliphatic carbocycles. The molecule has 0 spiro atoms. The Hall–Kier alpha value is -1.41. The van der Waals surface area contributed by atoms with Crippen molar-refractivity contribution in [1.82, 2.24) is 4.98 Å². The molecule has 1 aromatic heterocycles. The van der Waals surface area contributed by atoms with Crippen molar-refractivity contribution < 1.29 is 8.78 Å². The molecular formula is C8H6ClF2N3. The van der Waals surface area contributed by atoms with Crippen LogP contribution < -0.4 is 5.73 Å². The standard InChI is InChI=1S/C8H6ClF2N3/c9-5-3-4(1-2-12)14-8(13)6(5)7(10)11/h3,7H,1H2,(H2,13,14). The SMILES string of the molecule is N#CCc1cc(Cl)c(C(F)F)c(N)n1. The zero-order valence-corrected chi connectivity index (χ0v) is 7.72. The highest BCUT2D eigenvalue weighted by molar-refractivity contribution is 6.31. The zero-order chi connectivity index (χ0) is 10.7. The minimum atomic E-state index is -2.76. The summed E-state index contributed by atoms with van der Waals surface area (Å²) >= 11 is 5.56. The van der Waals surface area contributed by atoms with Gasteiger partial charge in [0.1, 0.15) is 5.82 Å². The fourth-order valence-corrected chi connectivity index (χ4v) is 1.29. The highest BCUT2D eigenvalue weighted by Crippen LogP contribution is 2.31. The monoisotopic (exact) mass is 217 g/mol. The van der Waals surface area contributed by atoms with Crippen molar-refractivity contribution in [3.8, 4) is 6.07 Å². The summed E-state index contributed by atoms with van der Waals surface area (Å²) in [4.78, 5) is 3.64. The molecule has 0 fully saturated rings. The summed E-state index contributed by atoms with van der Waals surface area (Å²) in [6.45, 7) is 0. The minimum absolute atomic E-state index is 0.00651. The summed E-state index contributed by atoms with van der Waals surface area (Å²) < 4.78 is 24.7. The van der Waals surface area contributed by atoms with E-state index in [2.05, 4.69) is 4.98 Å². The first-order valence-corrected chi connectivity index (χ1v) is 4.04. The lowest BCUT2D eigenvalue weighted by Crippen LogP contribution is -2.02. The van der Waals surface area contributed by atoms with Gasteiger partial charge >= 0.3 is 0 Å². The average Bonchev–Trinajstić information content (AvgIpc) is 2.01. The summed E-state index contributed by atoms with van der Waals surface area (Å²) in [7, 11) is 0. The molecule has 0 saturated carbocycles. The van der Waals surface area contributed by atoms with Crippen LogP contribution in [-0.2, 0) is 6.42 Å². The van der Waals surface area contributed by atoms with E-state index in [0.29, 0.717) is 5.69 Å². The van der Waals surface area contributed by atoms with Crippen LogP contribution in [0.4, 0.5) is 14.6 Å². The number of anilines is 1. The number of halogens is 3. The highest BCUT2D eigenvalue weighted by Gasteiger charge is 2.17. The summed E-state index contributed by atoms with van der Waals surface area (Å²) in [5.41, 5.74) is 5.08. The number of alkyl halides is 2. The summed E-state index contributed by atoms with van der Waals surface area (Å²) in [6.07, 6.45) is -2.76. The second-order valence-corrected chi connectivity index (χ2v) is 2.94. The number of aromatic nitrogens is 1. The molecule has 74 valence electrons. The van der Waals surface area contributed by atoms with Crippen LogP contribution in [0.25, 0.3) is 0 Å². The molecule has 14 heavy (non-hydrogen) atoms. The maximum absolute atomic E-state index is 12.3. The van der Waals surface area contributed by atoms with Crippen molar-refractivity contribution >= 4 is 17.4 Å². The molecule has 6 heteroatoms. The Balaban J connectivity index is 3.19. The van der Waals surface area contributed by atoms with Gasteiger partial charge in [-0.25, -0.2) is 13.8 Å². The maximum atomic E-state index is 12.3. The lowest BCUT2D eigenvalue weighted by atomic mass is 10.2. The van der Waals surface area contributed by atoms with Gasteiger partial charge in [0.05, 0.1) is 28.8 Å². The fraction of sp³-hybridized carbons (Fsp3) is 0.250. The van der Waals surface area contributed by atoms with E-state index in [1.807, 2.05) is 6.07 Å². The van der Waals surface area contributed by atoms with Gasteiger partial charge in [-0.05, 0) is 6.07 Å². The van der Waals surface area contributed by atoms with Gasteiger partial charge in [0.15, 0.2) is 0 Å². The summed E-state index contributed by atoms with van der Waals surface area (Å²) in [5.74, 6) is -0.322. The van der Waals surface area contributed by atoms with Crippen LogP contribution in [0.3, 0.4) is 0 Å². The van der Waals surface area contributed by atoms with Crippen molar-refractivity contribution in [1.29, 1.82) is 5.26 Å². The Kier molecular flexibility index (Phi) is 3.20. The van der Waals surface area contributed by atoms with Crippen LogP contribution >= 0.6 is 11.6 Å². The first kappa shape index (κ1) is 10.7. The van der Waals surface area contributed by atoms with Gasteiger partial charge in [-0.15, -0.1) is 0 Å². The first-order valence-electron chi connectivity index (χ1n) is 3.66. The predicted molar refractivity (Wildman–Crippen MR) is 47.9 cm³/mol. The van der Waals surface area contributed by atoms with Gasteiger partial charge in [-0.1, -0.05) is 11.6 Å². The molecule has 0 aliphatic heterocycles. The van der Waals surface area contributed by atoms with Crippen LogP contribution in [0.2, 0.25) is 5.02 Å². The Morgan fingerprint density at radius 2 is 2.29 bits per heavy atom. The number of nitrogens with zero attached hydrogens (tertiary/aromatic N) is 2. The van der Waals surface area contributed by atoms with Gasteiger partial charge in [0.25, 0.3) is 6.43 Å². The number of pyridine rings is 1. The van der Waals surface area contributed by atoms with Gasteiger partial charge in [0, 0.05) is 0 Å². The Labute approximate surface area is 84.1 Å². The third-order valence-corrected chi connectivity index (χ3v) is 1.88. The number of nitrogens with two attached hydrogens (primary N) is 1. The third-order valence-electron chi connectivity index (χ3n) is 1.57. The maximum Gasteiger partial charge on any atom is 0.268 e. The smallest absolute Gasteiger partial charge is 0.268 e. The molecule has 1 aromatic rings. The van der Waals surface area contributed by atoms with Crippen molar-refractivity contribution in [2.24, 2.45) is 0 Å². The second kappa shape index (κ2) is 4.20. The lowest BCUT2D eigenvalue weighted by molar-refractivity contribution is 0.152. The number of rotatable bonds is 2. The van der Waals surface area contributed by atoms with Gasteiger partial charge in [0.2, 0.25) is 0 Å². The molecule has 0 radical (unpaired) electrons. The Morgan fingerprint density at radius 3 is 2.71 bits per heavy atom. The zero-order valence-electron chi connectivity index (χ0n) is 6.97. The van der Waals surface area contributed by atoms with Crippen LogP contribution in [0, 0.1) is 11.3 Å². The predicted octanol–water partition coefficient (Wildman–Crippen LogP) is 2.32. The molecular weight excluding hydrogens is 212 g/mol. The fourth-order valence-electron chi connectivity index (χ4n) is 0.981. The Bertz CT molecular complexity index is 364. The van der Waals surface area contributed by atoms with Gasteiger partial charge in [-0.3, -0.25) is 0 Å². The number of hydrogen-bond donors (Lipinski definition) is 1. The molecule has 0 amide bonds. The van der Waals surface area contributed by atoms with Crippen molar-refractivity contribution in [2.75, 3.05) is 5.73 Å². The molecule has 0 atom stereocenters. The van der Waals surface area contributed by atoms with E-state index in [4.69, 9.17) is 22.6 Å². The molecule has 3 nitrogen and oxygen atoms in total. The normalized spacial score (nSPS) is 10.2. The third kappa shape index (κ3) is 2.09. The second-order valence-electron chi connectivity index (χ2n) is 2.53. The van der Waals surface area contributed by atoms with Crippen molar-refractivity contribution in [3.63, 3.8) is 0 Å². The number of nitriles is 1. The first-order chi connectivity index (χ1) is 6.56. The van der Waals surface area contributed by atoms with Gasteiger partial charge < -0.3 is 5.73 Å². The molecule has 0 unspecified atom stereocenters. The Morgan fingerprint density at radius 1 is 1.64 bits per heavy atom. The van der Waals surface area contributed by atoms with E-state index in [9.17, 15) is 8.78 Å². The van der Waals surface area contributed by atoms with Gasteiger partial charge in [-0.2, -0.15) is 5.26 Å². The quantitative estimate of drug-likeness (QED) is 0.827. The van der Waals surface area contributed by atoms with Crippen LogP contribution in [0.15, 0.2) is 6.07 Å². The average molecular weight is 218 g/mol. The van der Waals surface area contributed by atoms with Crippen molar-refractivity contribution in [2.45, 2.75) is 12.8 Å². The number of nitrogen functional groups attached to an aromatic ring is 1. The number of hydrogen-bond acceptors (Lipinski definition) is 3. The highest BCUT2D eigenvalue weighted by atomic mass is 35.5. The molecule has 0 aliphatic rings. The molecule has 0 bridgehead atoms. The summed E-state index contributed by atoms with van der Waals surface area (Å²) in [5, 5.41) is 8.20. The molecule has 2 N–H and O–H groups in total. The van der Waals surface area contributed by atoms with Crippen LogP contribution in [-0.4, -0.2) is 4.98 Å². The molecule has 0 saturated heterocycles. The van der Waals surface area contributed by atoms with E-state index in [-0.39, 0.29) is 17.3 Å².